The highest BCUT2D eigenvalue weighted by molar-refractivity contribution is 6.51. The predicted octanol–water partition coefficient (Wildman–Crippen LogP) is 3.31. The van der Waals surface area contributed by atoms with E-state index in [9.17, 15) is 9.59 Å². The molecule has 0 saturated carbocycles. The van der Waals surface area contributed by atoms with Gasteiger partial charge in [0.25, 0.3) is 5.91 Å². The van der Waals surface area contributed by atoms with E-state index in [0.717, 1.165) is 16.8 Å². The molecule has 20 heavy (non-hydrogen) atoms. The highest BCUT2D eigenvalue weighted by Crippen LogP contribution is 2.36. The standard InChI is InChI=1S/C16H12ClNO2/c1-10-2-8-13(9-3-10)18-14(15(19)16(18)20)11-4-6-12(17)7-5-11/h2-9,14H,1H3. The molecule has 1 aliphatic heterocycles. The van der Waals surface area contributed by atoms with Crippen molar-refractivity contribution >= 4 is 29.0 Å². The molecule has 100 valence electrons. The normalized spacial score (nSPS) is 18.1. The largest absolute Gasteiger partial charge is 0.297 e. The first-order chi connectivity index (χ1) is 9.58. The number of nitrogens with zero attached hydrogens (tertiary/aromatic N) is 1. The third-order valence-electron chi connectivity index (χ3n) is 3.43. The topological polar surface area (TPSA) is 37.4 Å². The van der Waals surface area contributed by atoms with Gasteiger partial charge in [0, 0.05) is 10.7 Å². The molecule has 1 heterocycles. The lowest BCUT2D eigenvalue weighted by molar-refractivity contribution is -0.143. The number of hydrogen-bond acceptors (Lipinski definition) is 2. The van der Waals surface area contributed by atoms with Gasteiger partial charge < -0.3 is 0 Å². The molecule has 0 bridgehead atoms. The molecular formula is C16H12ClNO2. The molecule has 0 aromatic heterocycles. The van der Waals surface area contributed by atoms with Crippen molar-refractivity contribution in [2.45, 2.75) is 13.0 Å². The van der Waals surface area contributed by atoms with Crippen LogP contribution < -0.4 is 4.90 Å². The van der Waals surface area contributed by atoms with Gasteiger partial charge >= 0.3 is 0 Å². The number of halogens is 1. The lowest BCUT2D eigenvalue weighted by Crippen LogP contribution is -2.56. The van der Waals surface area contributed by atoms with Gasteiger partial charge in [-0.1, -0.05) is 41.4 Å². The molecule has 0 spiro atoms. The number of benzene rings is 2. The van der Waals surface area contributed by atoms with Gasteiger partial charge in [0.05, 0.1) is 0 Å². The van der Waals surface area contributed by atoms with Crippen molar-refractivity contribution in [3.8, 4) is 0 Å². The summed E-state index contributed by atoms with van der Waals surface area (Å²) in [5.74, 6) is -0.846. The monoisotopic (exact) mass is 285 g/mol. The first kappa shape index (κ1) is 12.9. The van der Waals surface area contributed by atoms with E-state index in [0.29, 0.717) is 5.02 Å². The summed E-state index contributed by atoms with van der Waals surface area (Å²) in [5.41, 5.74) is 2.62. The van der Waals surface area contributed by atoms with E-state index in [-0.39, 0.29) is 5.78 Å². The predicted molar refractivity (Wildman–Crippen MR) is 77.9 cm³/mol. The minimum atomic E-state index is -0.539. The van der Waals surface area contributed by atoms with Crippen LogP contribution in [0, 0.1) is 6.92 Å². The van der Waals surface area contributed by atoms with E-state index < -0.39 is 11.9 Å². The molecule has 3 rings (SSSR count). The van der Waals surface area contributed by atoms with Gasteiger partial charge in [0.15, 0.2) is 0 Å². The van der Waals surface area contributed by atoms with Gasteiger partial charge in [-0.25, -0.2) is 0 Å². The van der Waals surface area contributed by atoms with Crippen LogP contribution in [-0.2, 0) is 9.59 Å². The molecule has 0 aliphatic carbocycles. The molecular weight excluding hydrogens is 274 g/mol. The van der Waals surface area contributed by atoms with Crippen molar-refractivity contribution in [2.75, 3.05) is 4.90 Å². The van der Waals surface area contributed by atoms with Crippen LogP contribution in [0.4, 0.5) is 5.69 Å². The molecule has 1 saturated heterocycles. The summed E-state index contributed by atoms with van der Waals surface area (Å²) in [6.07, 6.45) is 0. The minimum absolute atomic E-state index is 0.382. The van der Waals surface area contributed by atoms with Crippen molar-refractivity contribution < 1.29 is 9.59 Å². The number of aryl methyl sites for hydroxylation is 1. The van der Waals surface area contributed by atoms with Gasteiger partial charge in [-0.3, -0.25) is 14.5 Å². The Bertz CT molecular complexity index is 615. The Labute approximate surface area is 121 Å². The van der Waals surface area contributed by atoms with Crippen molar-refractivity contribution in [1.29, 1.82) is 0 Å². The summed E-state index contributed by atoms with van der Waals surface area (Å²) in [6, 6.07) is 14.0. The van der Waals surface area contributed by atoms with Crippen LogP contribution in [0.5, 0.6) is 0 Å². The van der Waals surface area contributed by atoms with E-state index in [4.69, 9.17) is 11.6 Å². The Hall–Kier alpha value is -2.13. The van der Waals surface area contributed by atoms with Crippen molar-refractivity contribution in [1.82, 2.24) is 0 Å². The molecule has 3 nitrogen and oxygen atoms in total. The summed E-state index contributed by atoms with van der Waals surface area (Å²) in [7, 11) is 0. The summed E-state index contributed by atoms with van der Waals surface area (Å²) < 4.78 is 0. The summed E-state index contributed by atoms with van der Waals surface area (Å²) in [4.78, 5) is 25.2. The number of Topliss-reactive ketones (excluding diaryl/α,β-unsaturated/α-hetero) is 1. The fourth-order valence-corrected chi connectivity index (χ4v) is 2.45. The van der Waals surface area contributed by atoms with Crippen LogP contribution in [0.2, 0.25) is 5.02 Å². The first-order valence-electron chi connectivity index (χ1n) is 6.27. The number of hydrogen-bond donors (Lipinski definition) is 0. The average molecular weight is 286 g/mol. The number of rotatable bonds is 2. The van der Waals surface area contributed by atoms with E-state index in [1.165, 1.54) is 4.90 Å². The maximum absolute atomic E-state index is 11.9. The second kappa shape index (κ2) is 4.76. The smallest absolute Gasteiger partial charge is 0.290 e. The Morgan fingerprint density at radius 1 is 0.950 bits per heavy atom. The summed E-state index contributed by atoms with van der Waals surface area (Å²) >= 11 is 5.85. The van der Waals surface area contributed by atoms with Gasteiger partial charge in [0.2, 0.25) is 5.78 Å². The second-order valence-electron chi connectivity index (χ2n) is 4.83. The minimum Gasteiger partial charge on any atom is -0.290 e. The van der Waals surface area contributed by atoms with Gasteiger partial charge in [-0.2, -0.15) is 0 Å². The van der Waals surface area contributed by atoms with E-state index in [2.05, 4.69) is 0 Å². The molecule has 1 fully saturated rings. The lowest BCUT2D eigenvalue weighted by Gasteiger charge is -2.38. The van der Waals surface area contributed by atoms with Crippen LogP contribution in [0.15, 0.2) is 48.5 Å². The fraction of sp³-hybridized carbons (Fsp3) is 0.125. The molecule has 4 heteroatoms. The quantitative estimate of drug-likeness (QED) is 0.627. The lowest BCUT2D eigenvalue weighted by atomic mass is 9.91. The van der Waals surface area contributed by atoms with Gasteiger partial charge in [-0.05, 0) is 36.8 Å². The number of ketones is 1. The van der Waals surface area contributed by atoms with Crippen molar-refractivity contribution in [2.24, 2.45) is 0 Å². The van der Waals surface area contributed by atoms with E-state index in [1.807, 2.05) is 31.2 Å². The number of carbonyl (C=O) groups excluding carboxylic acids is 2. The highest BCUT2D eigenvalue weighted by Gasteiger charge is 2.47. The van der Waals surface area contributed by atoms with Crippen molar-refractivity contribution in [3.63, 3.8) is 0 Å². The average Bonchev–Trinajstić information content (AvgIpc) is 2.46. The number of anilines is 1. The molecule has 1 amide bonds. The van der Waals surface area contributed by atoms with Crippen LogP contribution >= 0.6 is 11.6 Å². The summed E-state index contributed by atoms with van der Waals surface area (Å²) in [5, 5.41) is 0.605. The van der Waals surface area contributed by atoms with Crippen LogP contribution in [0.1, 0.15) is 17.2 Å². The Kier molecular flexibility index (Phi) is 3.07. The zero-order valence-electron chi connectivity index (χ0n) is 10.8. The molecule has 2 aromatic rings. The first-order valence-corrected chi connectivity index (χ1v) is 6.65. The molecule has 1 aliphatic rings. The van der Waals surface area contributed by atoms with Crippen molar-refractivity contribution in [3.05, 3.63) is 64.7 Å². The third-order valence-corrected chi connectivity index (χ3v) is 3.69. The number of β-lactam (4-membered cyclic amide) rings is 1. The second-order valence-corrected chi connectivity index (χ2v) is 5.27. The third kappa shape index (κ3) is 2.00. The van der Waals surface area contributed by atoms with Crippen LogP contribution in [0.3, 0.4) is 0 Å². The van der Waals surface area contributed by atoms with Crippen LogP contribution in [-0.4, -0.2) is 11.7 Å². The molecule has 2 aromatic carbocycles. The highest BCUT2D eigenvalue weighted by atomic mass is 35.5. The van der Waals surface area contributed by atoms with Crippen LogP contribution in [0.25, 0.3) is 0 Å². The van der Waals surface area contributed by atoms with Gasteiger partial charge in [-0.15, -0.1) is 0 Å². The zero-order valence-corrected chi connectivity index (χ0v) is 11.6. The molecule has 1 unspecified atom stereocenters. The molecule has 0 N–H and O–H groups in total. The van der Waals surface area contributed by atoms with E-state index in [1.54, 1.807) is 24.3 Å². The number of carbonyl (C=O) groups is 2. The fourth-order valence-electron chi connectivity index (χ4n) is 2.32. The SMILES string of the molecule is Cc1ccc(N2C(=O)C(=O)C2c2ccc(Cl)cc2)cc1. The molecule has 0 radical (unpaired) electrons. The maximum Gasteiger partial charge on any atom is 0.297 e. The van der Waals surface area contributed by atoms with E-state index >= 15 is 0 Å². The Morgan fingerprint density at radius 2 is 1.55 bits per heavy atom. The van der Waals surface area contributed by atoms with Gasteiger partial charge in [0.1, 0.15) is 6.04 Å². The number of amides is 1. The Morgan fingerprint density at radius 3 is 2.15 bits per heavy atom. The zero-order chi connectivity index (χ0) is 14.3. The summed E-state index contributed by atoms with van der Waals surface area (Å²) in [6.45, 7) is 1.98. The Balaban J connectivity index is 1.97. The molecule has 1 atom stereocenters. The maximum atomic E-state index is 11.9.